The zero-order valence-corrected chi connectivity index (χ0v) is 18.2. The molecule has 0 bridgehead atoms. The van der Waals surface area contributed by atoms with Gasteiger partial charge in [0.1, 0.15) is 0 Å². The van der Waals surface area contributed by atoms with Gasteiger partial charge in [0.25, 0.3) is 5.91 Å². The number of hydrogen-bond acceptors (Lipinski definition) is 4. The van der Waals surface area contributed by atoms with Crippen molar-refractivity contribution in [2.45, 2.75) is 63.0 Å². The molecule has 2 saturated heterocycles. The van der Waals surface area contributed by atoms with Crippen molar-refractivity contribution in [2.75, 3.05) is 26.2 Å². The topological polar surface area (TPSA) is 66.9 Å². The van der Waals surface area contributed by atoms with E-state index >= 15 is 0 Å². The van der Waals surface area contributed by atoms with Crippen LogP contribution in [0, 0.1) is 11.8 Å². The summed E-state index contributed by atoms with van der Waals surface area (Å²) < 4.78 is 33.9. The van der Waals surface area contributed by atoms with Gasteiger partial charge < -0.3 is 9.64 Å². The van der Waals surface area contributed by atoms with E-state index < -0.39 is 10.0 Å². The van der Waals surface area contributed by atoms with E-state index in [4.69, 9.17) is 4.74 Å². The van der Waals surface area contributed by atoms with Crippen LogP contribution in [0.1, 0.15) is 56.3 Å². The lowest BCUT2D eigenvalue weighted by Crippen LogP contribution is -2.54. The molecule has 4 atom stereocenters. The van der Waals surface area contributed by atoms with Crippen molar-refractivity contribution in [3.8, 4) is 0 Å². The Balaban J connectivity index is 1.57. The predicted molar refractivity (Wildman–Crippen MR) is 111 cm³/mol. The van der Waals surface area contributed by atoms with E-state index in [1.54, 1.807) is 28.6 Å². The lowest BCUT2D eigenvalue weighted by atomic mass is 9.89. The molecule has 0 N–H and O–H groups in total. The Morgan fingerprint density at radius 2 is 1.83 bits per heavy atom. The molecule has 160 valence electrons. The average molecular weight is 421 g/mol. The molecule has 1 aromatic rings. The summed E-state index contributed by atoms with van der Waals surface area (Å²) in [5.74, 6) is 0.604. The van der Waals surface area contributed by atoms with Crippen LogP contribution < -0.4 is 0 Å². The Labute approximate surface area is 174 Å². The molecular formula is C22H32N2O4S. The first-order valence-electron chi connectivity index (χ1n) is 10.9. The van der Waals surface area contributed by atoms with Crippen molar-refractivity contribution in [3.05, 3.63) is 29.8 Å². The molecule has 29 heavy (non-hydrogen) atoms. The molecule has 1 amide bonds. The summed E-state index contributed by atoms with van der Waals surface area (Å²) in [7, 11) is -3.60. The first-order chi connectivity index (χ1) is 13.9. The molecule has 4 rings (SSSR count). The van der Waals surface area contributed by atoms with Crippen LogP contribution in [-0.4, -0.2) is 61.9 Å². The average Bonchev–Trinajstić information content (AvgIpc) is 2.72. The first kappa shape index (κ1) is 20.8. The first-order valence-corrected chi connectivity index (χ1v) is 12.3. The molecular weight excluding hydrogens is 388 g/mol. The van der Waals surface area contributed by atoms with Crippen molar-refractivity contribution in [3.63, 3.8) is 0 Å². The lowest BCUT2D eigenvalue weighted by molar-refractivity contribution is -0.0752. The van der Waals surface area contributed by atoms with Crippen molar-refractivity contribution >= 4 is 15.9 Å². The van der Waals surface area contributed by atoms with E-state index in [9.17, 15) is 13.2 Å². The van der Waals surface area contributed by atoms with Gasteiger partial charge in [0.05, 0.1) is 23.6 Å². The second kappa shape index (κ2) is 8.36. The molecule has 1 saturated carbocycles. The Morgan fingerprint density at radius 1 is 1.10 bits per heavy atom. The standard InChI is InChI=1S/C22H32N2O4S/c1-16-12-17(2)15-23(14-16)29(26,27)19-7-5-6-18(13-19)22(25)24-10-11-28-21-9-4-3-8-20(21)24/h5-7,13,16-17,20-21H,3-4,8-12,14-15H2,1-2H3. The highest BCUT2D eigenvalue weighted by Crippen LogP contribution is 2.31. The van der Waals surface area contributed by atoms with E-state index in [1.165, 1.54) is 0 Å². The number of benzene rings is 1. The van der Waals surface area contributed by atoms with Crippen molar-refractivity contribution in [1.82, 2.24) is 9.21 Å². The largest absolute Gasteiger partial charge is 0.374 e. The molecule has 3 aliphatic rings. The fraction of sp³-hybridized carbons (Fsp3) is 0.682. The van der Waals surface area contributed by atoms with E-state index in [1.807, 2.05) is 4.90 Å². The quantitative estimate of drug-likeness (QED) is 0.753. The SMILES string of the molecule is CC1CC(C)CN(S(=O)(=O)c2cccc(C(=O)N3CCOC4CCCCC43)c2)C1. The third kappa shape index (κ3) is 4.23. The number of nitrogens with zero attached hydrogens (tertiary/aromatic N) is 2. The number of sulfonamides is 1. The van der Waals surface area contributed by atoms with Gasteiger partial charge in [-0.1, -0.05) is 32.8 Å². The van der Waals surface area contributed by atoms with Crippen LogP contribution in [0.5, 0.6) is 0 Å². The monoisotopic (exact) mass is 420 g/mol. The molecule has 3 fully saturated rings. The van der Waals surface area contributed by atoms with Gasteiger partial charge in [0.2, 0.25) is 10.0 Å². The van der Waals surface area contributed by atoms with Gasteiger partial charge in [0.15, 0.2) is 0 Å². The molecule has 6 nitrogen and oxygen atoms in total. The van der Waals surface area contributed by atoms with Crippen molar-refractivity contribution in [2.24, 2.45) is 11.8 Å². The van der Waals surface area contributed by atoms with E-state index in [-0.39, 0.29) is 22.9 Å². The minimum Gasteiger partial charge on any atom is -0.374 e. The van der Waals surface area contributed by atoms with Crippen LogP contribution in [0.3, 0.4) is 0 Å². The molecule has 4 unspecified atom stereocenters. The summed E-state index contributed by atoms with van der Waals surface area (Å²) in [5.41, 5.74) is 0.454. The summed E-state index contributed by atoms with van der Waals surface area (Å²) in [6.07, 6.45) is 5.36. The maximum Gasteiger partial charge on any atom is 0.254 e. The number of fused-ring (bicyclic) bond motifs is 1. The highest BCUT2D eigenvalue weighted by molar-refractivity contribution is 7.89. The zero-order chi connectivity index (χ0) is 20.6. The Hall–Kier alpha value is -1.44. The maximum atomic E-state index is 13.3. The number of carbonyl (C=O) groups excluding carboxylic acids is 1. The molecule has 1 aliphatic carbocycles. The van der Waals surface area contributed by atoms with Crippen LogP contribution in [0.4, 0.5) is 0 Å². The number of ether oxygens (including phenoxy) is 1. The van der Waals surface area contributed by atoms with Crippen molar-refractivity contribution < 1.29 is 17.9 Å². The second-order valence-corrected chi connectivity index (χ2v) is 11.0. The smallest absolute Gasteiger partial charge is 0.254 e. The molecule has 2 aliphatic heterocycles. The number of piperidine rings is 1. The van der Waals surface area contributed by atoms with Crippen LogP contribution in [0.25, 0.3) is 0 Å². The third-order valence-corrected chi connectivity index (χ3v) is 8.37. The molecule has 2 heterocycles. The fourth-order valence-corrected chi connectivity index (χ4v) is 6.98. The summed E-state index contributed by atoms with van der Waals surface area (Å²) in [4.78, 5) is 15.4. The van der Waals surface area contributed by atoms with Gasteiger partial charge in [0, 0.05) is 25.2 Å². The lowest BCUT2D eigenvalue weighted by Gasteiger charge is -2.43. The number of hydrogen-bond donors (Lipinski definition) is 0. The van der Waals surface area contributed by atoms with Crippen molar-refractivity contribution in [1.29, 1.82) is 0 Å². The normalized spacial score (nSPS) is 31.3. The number of morpholine rings is 1. The highest BCUT2D eigenvalue weighted by atomic mass is 32.2. The highest BCUT2D eigenvalue weighted by Gasteiger charge is 2.37. The van der Waals surface area contributed by atoms with Gasteiger partial charge in [-0.05, 0) is 49.3 Å². The van der Waals surface area contributed by atoms with E-state index in [0.717, 1.165) is 32.1 Å². The summed E-state index contributed by atoms with van der Waals surface area (Å²) in [5, 5.41) is 0. The molecule has 0 spiro atoms. The van der Waals surface area contributed by atoms with Gasteiger partial charge in [-0.2, -0.15) is 4.31 Å². The van der Waals surface area contributed by atoms with Crippen LogP contribution in [-0.2, 0) is 14.8 Å². The minimum atomic E-state index is -3.60. The number of carbonyl (C=O) groups is 1. The molecule has 0 aromatic heterocycles. The number of amides is 1. The van der Waals surface area contributed by atoms with Gasteiger partial charge in [-0.25, -0.2) is 8.42 Å². The molecule has 1 aromatic carbocycles. The van der Waals surface area contributed by atoms with Crippen LogP contribution >= 0.6 is 0 Å². The van der Waals surface area contributed by atoms with Crippen LogP contribution in [0.15, 0.2) is 29.2 Å². The molecule has 7 heteroatoms. The number of rotatable bonds is 3. The maximum absolute atomic E-state index is 13.3. The van der Waals surface area contributed by atoms with E-state index in [0.29, 0.717) is 43.6 Å². The fourth-order valence-electron chi connectivity index (χ4n) is 5.26. The molecule has 0 radical (unpaired) electrons. The Morgan fingerprint density at radius 3 is 2.59 bits per heavy atom. The van der Waals surface area contributed by atoms with E-state index in [2.05, 4.69) is 13.8 Å². The van der Waals surface area contributed by atoms with Crippen LogP contribution in [0.2, 0.25) is 0 Å². The van der Waals surface area contributed by atoms with Gasteiger partial charge >= 0.3 is 0 Å². The predicted octanol–water partition coefficient (Wildman–Crippen LogP) is 3.14. The second-order valence-electron chi connectivity index (χ2n) is 9.06. The minimum absolute atomic E-state index is 0.0809. The summed E-state index contributed by atoms with van der Waals surface area (Å²) >= 11 is 0. The Kier molecular flexibility index (Phi) is 6.00. The zero-order valence-electron chi connectivity index (χ0n) is 17.4. The van der Waals surface area contributed by atoms with Gasteiger partial charge in [-0.15, -0.1) is 0 Å². The summed E-state index contributed by atoms with van der Waals surface area (Å²) in [6, 6.07) is 6.70. The summed E-state index contributed by atoms with van der Waals surface area (Å²) in [6.45, 7) is 6.39. The van der Waals surface area contributed by atoms with Gasteiger partial charge in [-0.3, -0.25) is 4.79 Å². The third-order valence-electron chi connectivity index (χ3n) is 6.55. The Bertz CT molecular complexity index is 844.